The number of hydrogen-bond acceptors (Lipinski definition) is 9. The molecule has 1 rings (SSSR count). The molecule has 0 bridgehead atoms. The molecule has 1 aromatic rings. The minimum atomic E-state index is -0.390. The van der Waals surface area contributed by atoms with E-state index in [2.05, 4.69) is 31.0 Å². The van der Waals surface area contributed by atoms with Crippen molar-refractivity contribution in [3.05, 3.63) is 20.4 Å². The zero-order chi connectivity index (χ0) is 44.6. The Labute approximate surface area is 375 Å². The van der Waals surface area contributed by atoms with Crippen molar-refractivity contribution < 1.29 is 19.1 Å². The number of unbranched alkanes of at least 4 members (excludes halogenated alkanes) is 23. The number of carbonyl (C=O) groups is 2. The first-order valence-corrected chi connectivity index (χ1v) is 26.2. The number of carbonyl (C=O) groups excluding carboxylic acids is 2. The molecule has 1 atom stereocenters. The molecule has 0 aliphatic carbocycles. The number of ether oxygens (including phenoxy) is 2. The van der Waals surface area contributed by atoms with E-state index in [1.54, 1.807) is 0 Å². The number of nitrogens with zero attached hydrogens (tertiary/aromatic N) is 2. The largest absolute Gasteiger partial charge is 0.466 e. The van der Waals surface area contributed by atoms with Crippen LogP contribution in [0.3, 0.4) is 0 Å². The van der Waals surface area contributed by atoms with E-state index in [9.17, 15) is 19.2 Å². The normalized spacial score (nSPS) is 12.0. The summed E-state index contributed by atoms with van der Waals surface area (Å²) in [5.41, 5.74) is 0.277. The van der Waals surface area contributed by atoms with Crippen LogP contribution >= 0.6 is 0 Å². The highest BCUT2D eigenvalue weighted by atomic mass is 16.5. The Morgan fingerprint density at radius 2 is 0.918 bits per heavy atom. The maximum absolute atomic E-state index is 12.9. The summed E-state index contributed by atoms with van der Waals surface area (Å²) in [5.74, 6) is -0.0504. The smallest absolute Gasteiger partial charge is 0.306 e. The molecule has 1 aromatic carbocycles. The summed E-state index contributed by atoms with van der Waals surface area (Å²) in [7, 11) is 0. The molecule has 0 spiro atoms. The predicted octanol–water partition coefficient (Wildman–Crippen LogP) is 13.2. The van der Waals surface area contributed by atoms with Gasteiger partial charge >= 0.3 is 11.9 Å². The Hall–Kier alpha value is -2.42. The van der Waals surface area contributed by atoms with Gasteiger partial charge in [0.25, 0.3) is 10.9 Å². The summed E-state index contributed by atoms with van der Waals surface area (Å²) < 4.78 is 11.5. The van der Waals surface area contributed by atoms with E-state index in [-0.39, 0.29) is 28.9 Å². The monoisotopic (exact) mass is 860 g/mol. The van der Waals surface area contributed by atoms with Crippen molar-refractivity contribution in [2.75, 3.05) is 56.1 Å². The zero-order valence-corrected chi connectivity index (χ0v) is 40.7. The molecular formula is C52H97N3O6. The van der Waals surface area contributed by atoms with Crippen molar-refractivity contribution in [2.45, 2.75) is 253 Å². The molecule has 0 amide bonds. The van der Waals surface area contributed by atoms with Gasteiger partial charge in [-0.15, -0.1) is 0 Å². The first kappa shape index (κ1) is 56.6. The van der Waals surface area contributed by atoms with Gasteiger partial charge in [-0.1, -0.05) is 156 Å². The van der Waals surface area contributed by atoms with Crippen molar-refractivity contribution >= 4 is 23.3 Å². The van der Waals surface area contributed by atoms with E-state index in [4.69, 9.17) is 9.47 Å². The van der Waals surface area contributed by atoms with Gasteiger partial charge in [-0.3, -0.25) is 19.2 Å². The SMILES string of the molecule is CCCCCCCCCOC(=O)CCCCCCCN(CCCCCCCC(=O)OC(CCCCCCC)CCCCCCCC)CCCNc1c(N(CC)CC)c(=O)c1=O. The Balaban J connectivity index is 2.44. The molecule has 1 unspecified atom stereocenters. The van der Waals surface area contributed by atoms with Crippen LogP contribution in [0.5, 0.6) is 0 Å². The predicted molar refractivity (Wildman–Crippen MR) is 260 cm³/mol. The Morgan fingerprint density at radius 3 is 1.43 bits per heavy atom. The number of anilines is 2. The maximum atomic E-state index is 12.9. The molecule has 0 saturated carbocycles. The van der Waals surface area contributed by atoms with Crippen LogP contribution in [0.4, 0.5) is 11.4 Å². The van der Waals surface area contributed by atoms with Gasteiger partial charge in [0, 0.05) is 32.5 Å². The van der Waals surface area contributed by atoms with E-state index in [1.807, 2.05) is 18.7 Å². The van der Waals surface area contributed by atoms with Gasteiger partial charge in [-0.2, -0.15) is 0 Å². The van der Waals surface area contributed by atoms with Crippen LogP contribution < -0.4 is 21.1 Å². The maximum Gasteiger partial charge on any atom is 0.306 e. The molecule has 9 nitrogen and oxygen atoms in total. The van der Waals surface area contributed by atoms with E-state index in [0.717, 1.165) is 129 Å². The molecule has 0 aliphatic heterocycles. The topological polar surface area (TPSA) is 105 Å². The highest BCUT2D eigenvalue weighted by Gasteiger charge is 2.24. The fraction of sp³-hybridized carbons (Fsp3) is 0.885. The minimum absolute atomic E-state index is 0.00370. The first-order valence-electron chi connectivity index (χ1n) is 26.2. The van der Waals surface area contributed by atoms with Crippen molar-refractivity contribution in [1.29, 1.82) is 0 Å². The summed E-state index contributed by atoms with van der Waals surface area (Å²) in [5, 5.41) is 3.29. The van der Waals surface area contributed by atoms with Gasteiger partial charge in [0.1, 0.15) is 17.5 Å². The molecule has 61 heavy (non-hydrogen) atoms. The summed E-state index contributed by atoms with van der Waals surface area (Å²) in [6, 6.07) is 0. The van der Waals surface area contributed by atoms with E-state index >= 15 is 0 Å². The Bertz CT molecular complexity index is 1240. The van der Waals surface area contributed by atoms with Crippen LogP contribution in [-0.4, -0.2) is 68.8 Å². The molecule has 0 radical (unpaired) electrons. The second-order valence-electron chi connectivity index (χ2n) is 17.9. The second-order valence-corrected chi connectivity index (χ2v) is 17.9. The molecule has 0 fully saturated rings. The molecule has 0 aliphatic rings. The van der Waals surface area contributed by atoms with E-state index in [1.165, 1.54) is 89.9 Å². The molecule has 356 valence electrons. The lowest BCUT2D eigenvalue weighted by atomic mass is 10.0. The van der Waals surface area contributed by atoms with E-state index in [0.29, 0.717) is 50.5 Å². The average molecular weight is 860 g/mol. The fourth-order valence-electron chi connectivity index (χ4n) is 8.46. The summed E-state index contributed by atoms with van der Waals surface area (Å²) in [4.78, 5) is 54.2. The first-order chi connectivity index (χ1) is 29.8. The van der Waals surface area contributed by atoms with Gasteiger partial charge in [-0.25, -0.2) is 0 Å². The van der Waals surface area contributed by atoms with Gasteiger partial charge in [0.2, 0.25) is 0 Å². The molecule has 0 saturated heterocycles. The van der Waals surface area contributed by atoms with Crippen molar-refractivity contribution in [1.82, 2.24) is 4.90 Å². The van der Waals surface area contributed by atoms with E-state index < -0.39 is 0 Å². The molecule has 0 aromatic heterocycles. The third-order valence-corrected chi connectivity index (χ3v) is 12.4. The Kier molecular flexibility index (Phi) is 37.4. The molecule has 0 heterocycles. The van der Waals surface area contributed by atoms with Crippen LogP contribution in [0.1, 0.15) is 247 Å². The lowest BCUT2D eigenvalue weighted by Crippen LogP contribution is -2.43. The van der Waals surface area contributed by atoms with Crippen LogP contribution in [0.25, 0.3) is 0 Å². The van der Waals surface area contributed by atoms with Crippen molar-refractivity contribution in [3.8, 4) is 0 Å². The van der Waals surface area contributed by atoms with Crippen LogP contribution in [-0.2, 0) is 19.1 Å². The molecule has 9 heteroatoms. The van der Waals surface area contributed by atoms with Crippen LogP contribution in [0.15, 0.2) is 9.59 Å². The van der Waals surface area contributed by atoms with Gasteiger partial charge in [0.05, 0.1) is 6.61 Å². The van der Waals surface area contributed by atoms with Gasteiger partial charge < -0.3 is 24.6 Å². The number of nitrogens with one attached hydrogen (secondary N) is 1. The highest BCUT2D eigenvalue weighted by Crippen LogP contribution is 2.21. The summed E-state index contributed by atoms with van der Waals surface area (Å²) >= 11 is 0. The highest BCUT2D eigenvalue weighted by molar-refractivity contribution is 5.75. The third-order valence-electron chi connectivity index (χ3n) is 12.4. The standard InChI is InChI=1S/C52H97N3O6/c1-6-11-14-17-19-28-35-45-60-47(56)39-31-24-20-26-33-42-54(44-36-41-53-49-50(52(59)51(49)58)55(9-4)10-5)43-34-27-21-25-32-40-48(57)61-46(37-29-22-16-13-8-3)38-30-23-18-15-12-7-2/h46,53H,6-45H2,1-5H3. The number of hydrogen-bond donors (Lipinski definition) is 1. The Morgan fingerprint density at radius 1 is 0.492 bits per heavy atom. The lowest BCUT2D eigenvalue weighted by molar-refractivity contribution is -0.150. The quantitative estimate of drug-likeness (QED) is 0.0390. The molecular weight excluding hydrogens is 763 g/mol. The second kappa shape index (κ2) is 40.4. The van der Waals surface area contributed by atoms with Crippen LogP contribution in [0.2, 0.25) is 0 Å². The third kappa shape index (κ3) is 29.6. The zero-order valence-electron chi connectivity index (χ0n) is 40.7. The minimum Gasteiger partial charge on any atom is -0.466 e. The average Bonchev–Trinajstić information content (AvgIpc) is 3.26. The summed E-state index contributed by atoms with van der Waals surface area (Å²) in [6.07, 6.45) is 37.2. The van der Waals surface area contributed by atoms with Crippen molar-refractivity contribution in [3.63, 3.8) is 0 Å². The lowest BCUT2D eigenvalue weighted by Gasteiger charge is -2.26. The van der Waals surface area contributed by atoms with Crippen molar-refractivity contribution in [2.24, 2.45) is 0 Å². The summed E-state index contributed by atoms with van der Waals surface area (Å²) in [6.45, 7) is 16.4. The fourth-order valence-corrected chi connectivity index (χ4v) is 8.46. The van der Waals surface area contributed by atoms with Crippen LogP contribution in [0, 0.1) is 0 Å². The van der Waals surface area contributed by atoms with Gasteiger partial charge in [-0.05, 0) is 97.7 Å². The number of esters is 2. The number of rotatable bonds is 46. The van der Waals surface area contributed by atoms with Gasteiger partial charge in [0.15, 0.2) is 0 Å². The molecule has 1 N–H and O–H groups in total.